The fraction of sp³-hybridized carbons (Fsp3) is 0.700. The molecule has 0 aromatic heterocycles. The summed E-state index contributed by atoms with van der Waals surface area (Å²) in [7, 11) is 0. The van der Waals surface area contributed by atoms with Gasteiger partial charge >= 0.3 is 0 Å². The Hall–Kier alpha value is -0.630. The lowest BCUT2D eigenvalue weighted by atomic mass is 9.94. The summed E-state index contributed by atoms with van der Waals surface area (Å²) in [6.45, 7) is 7.04. The topological polar surface area (TPSA) is 26.3 Å². The highest BCUT2D eigenvalue weighted by atomic mass is 16.5. The maximum Gasteiger partial charge on any atom is 0.140 e. The highest BCUT2D eigenvalue weighted by molar-refractivity contribution is 5.81. The third kappa shape index (κ3) is 2.78. The summed E-state index contributed by atoms with van der Waals surface area (Å²) >= 11 is 0. The van der Waals surface area contributed by atoms with Crippen molar-refractivity contribution >= 4 is 5.78 Å². The van der Waals surface area contributed by atoms with Crippen LogP contribution in [0.25, 0.3) is 0 Å². The summed E-state index contributed by atoms with van der Waals surface area (Å²) in [6.07, 6.45) is 2.45. The highest BCUT2D eigenvalue weighted by Gasteiger charge is 2.21. The van der Waals surface area contributed by atoms with E-state index in [-0.39, 0.29) is 5.92 Å². The standard InChI is InChI=1S/C10H16O2/c1-8(2)3-4-9-7-12-6-5-10(9)11/h9H,1,3-7H2,2H3. The first kappa shape index (κ1) is 9.46. The van der Waals surface area contributed by atoms with Gasteiger partial charge in [-0.25, -0.2) is 0 Å². The lowest BCUT2D eigenvalue weighted by molar-refractivity contribution is -0.130. The monoisotopic (exact) mass is 168 g/mol. The molecule has 2 nitrogen and oxygen atoms in total. The van der Waals surface area contributed by atoms with Crippen LogP contribution in [0.2, 0.25) is 0 Å². The first-order chi connectivity index (χ1) is 5.70. The van der Waals surface area contributed by atoms with E-state index in [1.54, 1.807) is 0 Å². The average Bonchev–Trinajstić information content (AvgIpc) is 2.03. The summed E-state index contributed by atoms with van der Waals surface area (Å²) in [6, 6.07) is 0. The summed E-state index contributed by atoms with van der Waals surface area (Å²) in [5.74, 6) is 0.498. The number of ketones is 1. The molecule has 1 aliphatic rings. The van der Waals surface area contributed by atoms with Crippen molar-refractivity contribution in [2.24, 2.45) is 5.92 Å². The van der Waals surface area contributed by atoms with Crippen LogP contribution < -0.4 is 0 Å². The van der Waals surface area contributed by atoms with Crippen molar-refractivity contribution in [3.63, 3.8) is 0 Å². The zero-order valence-corrected chi connectivity index (χ0v) is 7.64. The number of hydrogen-bond acceptors (Lipinski definition) is 2. The van der Waals surface area contributed by atoms with Gasteiger partial charge in [0.1, 0.15) is 5.78 Å². The minimum Gasteiger partial charge on any atom is -0.380 e. The molecule has 12 heavy (non-hydrogen) atoms. The van der Waals surface area contributed by atoms with Gasteiger partial charge in [0.05, 0.1) is 13.2 Å². The van der Waals surface area contributed by atoms with E-state index < -0.39 is 0 Å². The second-order valence-corrected chi connectivity index (χ2v) is 3.48. The lowest BCUT2D eigenvalue weighted by Gasteiger charge is -2.20. The Balaban J connectivity index is 2.29. The van der Waals surface area contributed by atoms with E-state index in [0.29, 0.717) is 25.4 Å². The Morgan fingerprint density at radius 2 is 2.50 bits per heavy atom. The van der Waals surface area contributed by atoms with Gasteiger partial charge in [-0.15, -0.1) is 6.58 Å². The molecule has 1 heterocycles. The van der Waals surface area contributed by atoms with Crippen molar-refractivity contribution in [2.45, 2.75) is 26.2 Å². The molecule has 68 valence electrons. The molecule has 0 N–H and O–H groups in total. The number of ether oxygens (including phenoxy) is 1. The molecule has 1 rings (SSSR count). The van der Waals surface area contributed by atoms with Crippen molar-refractivity contribution in [2.75, 3.05) is 13.2 Å². The van der Waals surface area contributed by atoms with Crippen LogP contribution in [0, 0.1) is 5.92 Å². The Labute approximate surface area is 73.6 Å². The van der Waals surface area contributed by atoms with Gasteiger partial charge in [-0.3, -0.25) is 4.79 Å². The molecule has 0 spiro atoms. The van der Waals surface area contributed by atoms with Gasteiger partial charge < -0.3 is 4.74 Å². The number of Topliss-reactive ketones (excluding diaryl/α,β-unsaturated/α-hetero) is 1. The first-order valence-corrected chi connectivity index (χ1v) is 4.45. The molecule has 1 saturated heterocycles. The highest BCUT2D eigenvalue weighted by Crippen LogP contribution is 2.17. The fourth-order valence-corrected chi connectivity index (χ4v) is 1.36. The van der Waals surface area contributed by atoms with E-state index in [1.165, 1.54) is 0 Å². The van der Waals surface area contributed by atoms with Crippen LogP contribution >= 0.6 is 0 Å². The molecular formula is C10H16O2. The molecule has 0 amide bonds. The minimum absolute atomic E-state index is 0.135. The van der Waals surface area contributed by atoms with E-state index in [9.17, 15) is 4.79 Å². The number of rotatable bonds is 3. The lowest BCUT2D eigenvalue weighted by Crippen LogP contribution is -2.27. The number of hydrogen-bond donors (Lipinski definition) is 0. The Bertz CT molecular complexity index is 184. The van der Waals surface area contributed by atoms with Gasteiger partial charge in [-0.05, 0) is 19.8 Å². The molecule has 0 bridgehead atoms. The molecule has 2 heteroatoms. The summed E-state index contributed by atoms with van der Waals surface area (Å²) in [5.41, 5.74) is 1.15. The maximum absolute atomic E-state index is 11.3. The molecule has 1 unspecified atom stereocenters. The van der Waals surface area contributed by atoms with Crippen LogP contribution in [-0.4, -0.2) is 19.0 Å². The van der Waals surface area contributed by atoms with Gasteiger partial charge in [-0.2, -0.15) is 0 Å². The number of carbonyl (C=O) groups is 1. The third-order valence-corrected chi connectivity index (χ3v) is 2.19. The summed E-state index contributed by atoms with van der Waals surface area (Å²) in [5, 5.41) is 0. The SMILES string of the molecule is C=C(C)CCC1COCCC1=O. The van der Waals surface area contributed by atoms with E-state index in [1.807, 2.05) is 6.92 Å². The number of allylic oxidation sites excluding steroid dienone is 1. The van der Waals surface area contributed by atoms with Gasteiger partial charge in [0, 0.05) is 12.3 Å². The molecule has 0 saturated carbocycles. The van der Waals surface area contributed by atoms with Crippen LogP contribution in [0.3, 0.4) is 0 Å². The van der Waals surface area contributed by atoms with Gasteiger partial charge in [0.15, 0.2) is 0 Å². The first-order valence-electron chi connectivity index (χ1n) is 4.45. The molecule has 1 fully saturated rings. The van der Waals surface area contributed by atoms with Crippen molar-refractivity contribution in [3.8, 4) is 0 Å². The van der Waals surface area contributed by atoms with Crippen molar-refractivity contribution < 1.29 is 9.53 Å². The van der Waals surface area contributed by atoms with E-state index >= 15 is 0 Å². The van der Waals surface area contributed by atoms with Crippen LogP contribution in [0.15, 0.2) is 12.2 Å². The maximum atomic E-state index is 11.3. The molecule has 1 aliphatic heterocycles. The fourth-order valence-electron chi connectivity index (χ4n) is 1.36. The predicted molar refractivity (Wildman–Crippen MR) is 48.0 cm³/mol. The summed E-state index contributed by atoms with van der Waals surface area (Å²) in [4.78, 5) is 11.3. The molecule has 0 aromatic carbocycles. The molecule has 0 radical (unpaired) electrons. The average molecular weight is 168 g/mol. The minimum atomic E-state index is 0.135. The molecular weight excluding hydrogens is 152 g/mol. The van der Waals surface area contributed by atoms with Crippen molar-refractivity contribution in [3.05, 3.63) is 12.2 Å². The second-order valence-electron chi connectivity index (χ2n) is 3.48. The second kappa shape index (κ2) is 4.41. The zero-order valence-electron chi connectivity index (χ0n) is 7.64. The van der Waals surface area contributed by atoms with Crippen molar-refractivity contribution in [1.29, 1.82) is 0 Å². The van der Waals surface area contributed by atoms with Gasteiger partial charge in [-0.1, -0.05) is 5.57 Å². The van der Waals surface area contributed by atoms with E-state index in [4.69, 9.17) is 4.74 Å². The smallest absolute Gasteiger partial charge is 0.140 e. The summed E-state index contributed by atoms with van der Waals surface area (Å²) < 4.78 is 5.23. The molecule has 1 atom stereocenters. The van der Waals surface area contributed by atoms with Gasteiger partial charge in [0.25, 0.3) is 0 Å². The Morgan fingerprint density at radius 3 is 3.08 bits per heavy atom. The van der Waals surface area contributed by atoms with Crippen LogP contribution in [0.4, 0.5) is 0 Å². The van der Waals surface area contributed by atoms with Crippen molar-refractivity contribution in [1.82, 2.24) is 0 Å². The van der Waals surface area contributed by atoms with Crippen LogP contribution in [-0.2, 0) is 9.53 Å². The third-order valence-electron chi connectivity index (χ3n) is 2.19. The van der Waals surface area contributed by atoms with E-state index in [0.717, 1.165) is 18.4 Å². The van der Waals surface area contributed by atoms with E-state index in [2.05, 4.69) is 6.58 Å². The van der Waals surface area contributed by atoms with Gasteiger partial charge in [0.2, 0.25) is 0 Å². The zero-order chi connectivity index (χ0) is 8.97. The largest absolute Gasteiger partial charge is 0.380 e. The predicted octanol–water partition coefficient (Wildman–Crippen LogP) is 1.95. The molecule has 0 aliphatic carbocycles. The van der Waals surface area contributed by atoms with Crippen LogP contribution in [0.1, 0.15) is 26.2 Å². The number of carbonyl (C=O) groups excluding carboxylic acids is 1. The Morgan fingerprint density at radius 1 is 1.75 bits per heavy atom. The van der Waals surface area contributed by atoms with Crippen LogP contribution in [0.5, 0.6) is 0 Å². The normalized spacial score (nSPS) is 24.1. The quantitative estimate of drug-likeness (QED) is 0.602. The molecule has 0 aromatic rings. The Kier molecular flexibility index (Phi) is 3.48.